The summed E-state index contributed by atoms with van der Waals surface area (Å²) in [5.41, 5.74) is 2.43. The molecule has 0 spiro atoms. The van der Waals surface area contributed by atoms with E-state index in [2.05, 4.69) is 17.0 Å². The van der Waals surface area contributed by atoms with Crippen LogP contribution in [0, 0.1) is 5.82 Å². The van der Waals surface area contributed by atoms with Crippen LogP contribution in [-0.4, -0.2) is 44.2 Å². The van der Waals surface area contributed by atoms with Gasteiger partial charge in [0.25, 0.3) is 0 Å². The predicted octanol–water partition coefficient (Wildman–Crippen LogP) is 3.52. The molecule has 26 heavy (non-hydrogen) atoms. The van der Waals surface area contributed by atoms with Crippen molar-refractivity contribution in [3.8, 4) is 0 Å². The molecule has 0 radical (unpaired) electrons. The van der Waals surface area contributed by atoms with Crippen molar-refractivity contribution in [3.05, 3.63) is 64.4 Å². The highest BCUT2D eigenvalue weighted by molar-refractivity contribution is 6.31. The number of ether oxygens (including phenoxy) is 1. The van der Waals surface area contributed by atoms with Crippen molar-refractivity contribution in [2.45, 2.75) is 13.0 Å². The minimum absolute atomic E-state index is 0.0477. The maximum Gasteiger partial charge on any atom is 0.227 e. The summed E-state index contributed by atoms with van der Waals surface area (Å²) in [6.45, 7) is 3.74. The number of morpholine rings is 1. The maximum absolute atomic E-state index is 13.9. The second kappa shape index (κ2) is 8.52. The van der Waals surface area contributed by atoms with Gasteiger partial charge < -0.3 is 14.5 Å². The molecule has 1 fully saturated rings. The van der Waals surface area contributed by atoms with E-state index in [4.69, 9.17) is 16.3 Å². The molecule has 0 bridgehead atoms. The Balaban J connectivity index is 1.60. The fraction of sp³-hybridized carbons (Fsp3) is 0.350. The summed E-state index contributed by atoms with van der Waals surface area (Å²) in [7, 11) is 1.72. The number of hydrogen-bond acceptors (Lipinski definition) is 3. The lowest BCUT2D eigenvalue weighted by molar-refractivity contribution is -0.129. The molecule has 4 nitrogen and oxygen atoms in total. The van der Waals surface area contributed by atoms with Crippen LogP contribution >= 0.6 is 11.6 Å². The van der Waals surface area contributed by atoms with Crippen LogP contribution in [0.4, 0.5) is 10.1 Å². The van der Waals surface area contributed by atoms with Crippen molar-refractivity contribution >= 4 is 23.2 Å². The average Bonchev–Trinajstić information content (AvgIpc) is 2.66. The number of likely N-dealkylation sites (N-methyl/N-ethyl adjacent to an activating group) is 1. The molecular weight excluding hydrogens is 355 g/mol. The Kier molecular flexibility index (Phi) is 6.12. The van der Waals surface area contributed by atoms with Crippen LogP contribution in [0.25, 0.3) is 0 Å². The second-order valence-corrected chi connectivity index (χ2v) is 6.80. The van der Waals surface area contributed by atoms with Crippen molar-refractivity contribution in [1.29, 1.82) is 0 Å². The van der Waals surface area contributed by atoms with E-state index in [0.29, 0.717) is 6.54 Å². The van der Waals surface area contributed by atoms with Gasteiger partial charge in [-0.15, -0.1) is 0 Å². The van der Waals surface area contributed by atoms with E-state index < -0.39 is 5.82 Å². The standard InChI is InChI=1S/C20H22ClFN2O2/c1-23(20(25)13-17-18(21)3-2-4-19(17)22)14-15-5-7-16(8-6-15)24-9-11-26-12-10-24/h2-8H,9-14H2,1H3. The maximum atomic E-state index is 13.9. The van der Waals surface area contributed by atoms with Crippen molar-refractivity contribution in [3.63, 3.8) is 0 Å². The van der Waals surface area contributed by atoms with Gasteiger partial charge in [-0.25, -0.2) is 4.39 Å². The summed E-state index contributed by atoms with van der Waals surface area (Å²) in [4.78, 5) is 16.3. The van der Waals surface area contributed by atoms with Gasteiger partial charge in [0.05, 0.1) is 19.6 Å². The third-order valence-corrected chi connectivity index (χ3v) is 4.90. The second-order valence-electron chi connectivity index (χ2n) is 6.39. The lowest BCUT2D eigenvalue weighted by Crippen LogP contribution is -2.36. The van der Waals surface area contributed by atoms with Crippen LogP contribution in [0.5, 0.6) is 0 Å². The van der Waals surface area contributed by atoms with E-state index in [0.717, 1.165) is 37.6 Å². The Hall–Kier alpha value is -2.11. The summed E-state index contributed by atoms with van der Waals surface area (Å²) in [6, 6.07) is 12.6. The minimum atomic E-state index is -0.450. The Morgan fingerprint density at radius 2 is 1.88 bits per heavy atom. The molecule has 0 aromatic heterocycles. The fourth-order valence-corrected chi connectivity index (χ4v) is 3.21. The topological polar surface area (TPSA) is 32.8 Å². The summed E-state index contributed by atoms with van der Waals surface area (Å²) in [5, 5.41) is 0.279. The third kappa shape index (κ3) is 4.54. The average molecular weight is 377 g/mol. The molecule has 138 valence electrons. The number of carbonyl (C=O) groups excluding carboxylic acids is 1. The lowest BCUT2D eigenvalue weighted by atomic mass is 10.1. The number of nitrogens with zero attached hydrogens (tertiary/aromatic N) is 2. The van der Waals surface area contributed by atoms with Gasteiger partial charge >= 0.3 is 0 Å². The van der Waals surface area contributed by atoms with Crippen LogP contribution < -0.4 is 4.90 Å². The van der Waals surface area contributed by atoms with Crippen molar-refractivity contribution in [2.75, 3.05) is 38.3 Å². The van der Waals surface area contributed by atoms with Crippen LogP contribution in [0.1, 0.15) is 11.1 Å². The first-order valence-electron chi connectivity index (χ1n) is 8.63. The van der Waals surface area contributed by atoms with Gasteiger partial charge in [-0.3, -0.25) is 4.79 Å². The normalized spacial score (nSPS) is 14.3. The van der Waals surface area contributed by atoms with Gasteiger partial charge in [-0.2, -0.15) is 0 Å². The van der Waals surface area contributed by atoms with Crippen molar-refractivity contribution in [1.82, 2.24) is 4.90 Å². The van der Waals surface area contributed by atoms with Gasteiger partial charge in [0.2, 0.25) is 5.91 Å². The molecule has 2 aromatic rings. The highest BCUT2D eigenvalue weighted by Gasteiger charge is 2.16. The predicted molar refractivity (Wildman–Crippen MR) is 101 cm³/mol. The zero-order chi connectivity index (χ0) is 18.5. The van der Waals surface area contributed by atoms with Crippen LogP contribution in [0.15, 0.2) is 42.5 Å². The molecule has 2 aromatic carbocycles. The molecule has 0 atom stereocenters. The Labute approximate surface area is 158 Å². The SMILES string of the molecule is CN(Cc1ccc(N2CCOCC2)cc1)C(=O)Cc1c(F)cccc1Cl. The van der Waals surface area contributed by atoms with E-state index in [9.17, 15) is 9.18 Å². The summed E-state index contributed by atoms with van der Waals surface area (Å²) in [5.74, 6) is -0.622. The van der Waals surface area contributed by atoms with Crippen LogP contribution in [0.3, 0.4) is 0 Å². The minimum Gasteiger partial charge on any atom is -0.378 e. The third-order valence-electron chi connectivity index (χ3n) is 4.55. The molecule has 1 aliphatic heterocycles. The van der Waals surface area contributed by atoms with Crippen molar-refractivity contribution < 1.29 is 13.9 Å². The monoisotopic (exact) mass is 376 g/mol. The number of amides is 1. The fourth-order valence-electron chi connectivity index (χ4n) is 2.98. The van der Waals surface area contributed by atoms with E-state index in [-0.39, 0.29) is 22.9 Å². The Bertz CT molecular complexity index is 741. The van der Waals surface area contributed by atoms with Gasteiger partial charge in [0.15, 0.2) is 0 Å². The number of carbonyl (C=O) groups is 1. The molecule has 1 amide bonds. The largest absolute Gasteiger partial charge is 0.378 e. The molecule has 1 heterocycles. The van der Waals surface area contributed by atoms with E-state index in [1.54, 1.807) is 18.0 Å². The van der Waals surface area contributed by atoms with E-state index in [1.165, 1.54) is 12.1 Å². The molecule has 1 saturated heterocycles. The first kappa shape index (κ1) is 18.7. The summed E-state index contributed by atoms with van der Waals surface area (Å²) in [6.07, 6.45) is -0.0477. The number of halogens is 2. The zero-order valence-electron chi connectivity index (χ0n) is 14.8. The highest BCUT2D eigenvalue weighted by atomic mass is 35.5. The Morgan fingerprint density at radius 3 is 2.54 bits per heavy atom. The van der Waals surface area contributed by atoms with Gasteiger partial charge in [-0.05, 0) is 29.8 Å². The molecule has 6 heteroatoms. The van der Waals surface area contributed by atoms with Gasteiger partial charge in [0.1, 0.15) is 5.82 Å². The zero-order valence-corrected chi connectivity index (χ0v) is 15.5. The Morgan fingerprint density at radius 1 is 1.19 bits per heavy atom. The summed E-state index contributed by atoms with van der Waals surface area (Å²) < 4.78 is 19.2. The number of rotatable bonds is 5. The number of anilines is 1. The summed E-state index contributed by atoms with van der Waals surface area (Å²) >= 11 is 6.01. The molecular formula is C20H22ClFN2O2. The van der Waals surface area contributed by atoms with Crippen molar-refractivity contribution in [2.24, 2.45) is 0 Å². The quantitative estimate of drug-likeness (QED) is 0.800. The molecule has 0 aliphatic carbocycles. The van der Waals surface area contributed by atoms with E-state index in [1.807, 2.05) is 12.1 Å². The lowest BCUT2D eigenvalue weighted by Gasteiger charge is -2.29. The molecule has 0 unspecified atom stereocenters. The highest BCUT2D eigenvalue weighted by Crippen LogP contribution is 2.21. The first-order chi connectivity index (χ1) is 12.5. The van der Waals surface area contributed by atoms with Gasteiger partial charge in [-0.1, -0.05) is 29.8 Å². The molecule has 3 rings (SSSR count). The van der Waals surface area contributed by atoms with Gasteiger partial charge in [0, 0.05) is 43.0 Å². The number of hydrogen-bond donors (Lipinski definition) is 0. The molecule has 0 N–H and O–H groups in total. The number of benzene rings is 2. The first-order valence-corrected chi connectivity index (χ1v) is 9.01. The smallest absolute Gasteiger partial charge is 0.227 e. The molecule has 1 aliphatic rings. The molecule has 0 saturated carbocycles. The van der Waals surface area contributed by atoms with Crippen LogP contribution in [-0.2, 0) is 22.5 Å². The van der Waals surface area contributed by atoms with E-state index >= 15 is 0 Å². The van der Waals surface area contributed by atoms with Crippen LogP contribution in [0.2, 0.25) is 5.02 Å².